The van der Waals surface area contributed by atoms with Crippen LogP contribution in [0.5, 0.6) is 0 Å². The average molecular weight is 233 g/mol. The van der Waals surface area contributed by atoms with Gasteiger partial charge >= 0.3 is 0 Å². The average Bonchev–Trinajstić information content (AvgIpc) is 2.29. The molecule has 1 aromatic rings. The van der Waals surface area contributed by atoms with E-state index in [0.717, 1.165) is 18.2 Å². The van der Waals surface area contributed by atoms with Crippen molar-refractivity contribution in [1.29, 1.82) is 0 Å². The molecule has 1 aliphatic rings. The Kier molecular flexibility index (Phi) is 3.67. The Balaban J connectivity index is 2.11. The van der Waals surface area contributed by atoms with Crippen LogP contribution in [0.1, 0.15) is 45.3 Å². The first kappa shape index (κ1) is 12.4. The number of nitrogens with zero attached hydrogens (tertiary/aromatic N) is 2. The molecule has 94 valence electrons. The summed E-state index contributed by atoms with van der Waals surface area (Å²) in [6, 6.07) is 4.83. The minimum atomic E-state index is 0.0165. The summed E-state index contributed by atoms with van der Waals surface area (Å²) in [4.78, 5) is 6.90. The molecule has 1 saturated heterocycles. The quantitative estimate of drug-likeness (QED) is 0.854. The molecule has 2 rings (SSSR count). The Morgan fingerprint density at radius 1 is 1.41 bits per heavy atom. The molecule has 17 heavy (non-hydrogen) atoms. The molecule has 3 nitrogen and oxygen atoms in total. The Hall–Kier alpha value is -1.09. The third-order valence-electron chi connectivity index (χ3n) is 3.71. The third kappa shape index (κ3) is 2.78. The van der Waals surface area contributed by atoms with E-state index >= 15 is 0 Å². The van der Waals surface area contributed by atoms with Gasteiger partial charge in [-0.3, -0.25) is 4.98 Å². The molecule has 2 heterocycles. The van der Waals surface area contributed by atoms with Gasteiger partial charge in [0.2, 0.25) is 0 Å². The second-order valence-electron chi connectivity index (χ2n) is 5.40. The molecule has 1 aromatic heterocycles. The van der Waals surface area contributed by atoms with Crippen molar-refractivity contribution < 1.29 is 0 Å². The Bertz CT molecular complexity index is 358. The van der Waals surface area contributed by atoms with Crippen molar-refractivity contribution >= 4 is 5.69 Å². The van der Waals surface area contributed by atoms with Gasteiger partial charge in [0.15, 0.2) is 0 Å². The predicted octanol–water partition coefficient (Wildman–Crippen LogP) is 2.73. The molecule has 2 N–H and O–H groups in total. The molecule has 0 saturated carbocycles. The zero-order chi connectivity index (χ0) is 12.4. The summed E-state index contributed by atoms with van der Waals surface area (Å²) in [5.74, 6) is 0.845. The van der Waals surface area contributed by atoms with Gasteiger partial charge in [0.25, 0.3) is 0 Å². The molecule has 0 aliphatic carbocycles. The highest BCUT2D eigenvalue weighted by Crippen LogP contribution is 2.27. The number of piperidine rings is 1. The van der Waals surface area contributed by atoms with E-state index < -0.39 is 0 Å². The first-order valence-electron chi connectivity index (χ1n) is 6.56. The number of anilines is 1. The number of rotatable bonds is 2. The maximum atomic E-state index is 5.81. The molecule has 3 heteroatoms. The summed E-state index contributed by atoms with van der Waals surface area (Å²) in [6.07, 6.45) is 4.51. The minimum absolute atomic E-state index is 0.0165. The van der Waals surface area contributed by atoms with Crippen molar-refractivity contribution in [3.05, 3.63) is 24.0 Å². The standard InChI is InChI=1S/C14H23N3/c1-10-6-7-17(11(2)8-10)13-4-5-14(12(3)15)16-9-13/h4-5,9-12H,6-8,15H2,1-3H3/t10?,11?,12-/m1/s1. The van der Waals surface area contributed by atoms with Crippen molar-refractivity contribution in [3.8, 4) is 0 Å². The Morgan fingerprint density at radius 2 is 2.18 bits per heavy atom. The van der Waals surface area contributed by atoms with E-state index in [1.165, 1.54) is 18.5 Å². The van der Waals surface area contributed by atoms with Crippen LogP contribution in [0.15, 0.2) is 18.3 Å². The highest BCUT2D eigenvalue weighted by atomic mass is 15.2. The van der Waals surface area contributed by atoms with Gasteiger partial charge in [-0.15, -0.1) is 0 Å². The topological polar surface area (TPSA) is 42.1 Å². The summed E-state index contributed by atoms with van der Waals surface area (Å²) in [6.45, 7) is 7.75. The van der Waals surface area contributed by atoms with Crippen LogP contribution in [0, 0.1) is 5.92 Å². The monoisotopic (exact) mass is 233 g/mol. The van der Waals surface area contributed by atoms with Crippen molar-refractivity contribution in [2.24, 2.45) is 11.7 Å². The second-order valence-corrected chi connectivity index (χ2v) is 5.40. The molecule has 2 unspecified atom stereocenters. The molecular formula is C14H23N3. The number of nitrogens with two attached hydrogens (primary N) is 1. The maximum absolute atomic E-state index is 5.81. The lowest BCUT2D eigenvalue weighted by atomic mass is 9.93. The van der Waals surface area contributed by atoms with Gasteiger partial charge < -0.3 is 10.6 Å². The van der Waals surface area contributed by atoms with Crippen LogP contribution in [0.25, 0.3) is 0 Å². The molecule has 1 aliphatic heterocycles. The fraction of sp³-hybridized carbons (Fsp3) is 0.643. The summed E-state index contributed by atoms with van der Waals surface area (Å²) in [5.41, 5.74) is 8.01. The van der Waals surface area contributed by atoms with E-state index in [1.807, 2.05) is 19.2 Å². The smallest absolute Gasteiger partial charge is 0.0569 e. The van der Waals surface area contributed by atoms with Gasteiger partial charge in [-0.25, -0.2) is 0 Å². The van der Waals surface area contributed by atoms with E-state index in [2.05, 4.69) is 29.8 Å². The number of aromatic nitrogens is 1. The molecular weight excluding hydrogens is 210 g/mol. The van der Waals surface area contributed by atoms with E-state index in [1.54, 1.807) is 0 Å². The molecule has 0 aromatic carbocycles. The summed E-state index contributed by atoms with van der Waals surface area (Å²) >= 11 is 0. The van der Waals surface area contributed by atoms with E-state index in [9.17, 15) is 0 Å². The van der Waals surface area contributed by atoms with Crippen LogP contribution < -0.4 is 10.6 Å². The molecule has 3 atom stereocenters. The van der Waals surface area contributed by atoms with Crippen LogP contribution in [0.2, 0.25) is 0 Å². The van der Waals surface area contributed by atoms with E-state index in [0.29, 0.717) is 6.04 Å². The van der Waals surface area contributed by atoms with Crippen LogP contribution in [-0.4, -0.2) is 17.6 Å². The van der Waals surface area contributed by atoms with E-state index in [4.69, 9.17) is 5.73 Å². The largest absolute Gasteiger partial charge is 0.368 e. The van der Waals surface area contributed by atoms with E-state index in [-0.39, 0.29) is 6.04 Å². The van der Waals surface area contributed by atoms with Gasteiger partial charge in [-0.1, -0.05) is 6.92 Å². The zero-order valence-electron chi connectivity index (χ0n) is 11.1. The fourth-order valence-corrected chi connectivity index (χ4v) is 2.63. The first-order chi connectivity index (χ1) is 8.08. The molecule has 0 spiro atoms. The lowest BCUT2D eigenvalue weighted by Gasteiger charge is -2.38. The van der Waals surface area contributed by atoms with Crippen LogP contribution in [0.3, 0.4) is 0 Å². The van der Waals surface area contributed by atoms with Crippen molar-refractivity contribution in [3.63, 3.8) is 0 Å². The van der Waals surface area contributed by atoms with Crippen LogP contribution in [0.4, 0.5) is 5.69 Å². The van der Waals surface area contributed by atoms with Crippen molar-refractivity contribution in [2.75, 3.05) is 11.4 Å². The van der Waals surface area contributed by atoms with Crippen molar-refractivity contribution in [2.45, 2.75) is 45.7 Å². The van der Waals surface area contributed by atoms with Crippen LogP contribution in [-0.2, 0) is 0 Å². The molecule has 0 amide bonds. The number of pyridine rings is 1. The highest BCUT2D eigenvalue weighted by Gasteiger charge is 2.23. The maximum Gasteiger partial charge on any atom is 0.0569 e. The van der Waals surface area contributed by atoms with Crippen LogP contribution >= 0.6 is 0 Å². The van der Waals surface area contributed by atoms with Gasteiger partial charge in [-0.05, 0) is 44.7 Å². The number of hydrogen-bond acceptors (Lipinski definition) is 3. The summed E-state index contributed by atoms with van der Waals surface area (Å²) < 4.78 is 0. The predicted molar refractivity (Wildman–Crippen MR) is 72.0 cm³/mol. The van der Waals surface area contributed by atoms with Gasteiger partial charge in [0, 0.05) is 18.6 Å². The Labute approximate surface area is 104 Å². The lowest BCUT2D eigenvalue weighted by molar-refractivity contribution is 0.377. The summed E-state index contributed by atoms with van der Waals surface area (Å²) in [7, 11) is 0. The normalized spacial score (nSPS) is 26.9. The Morgan fingerprint density at radius 3 is 2.71 bits per heavy atom. The highest BCUT2D eigenvalue weighted by molar-refractivity contribution is 5.46. The summed E-state index contributed by atoms with van der Waals surface area (Å²) in [5, 5.41) is 0. The minimum Gasteiger partial charge on any atom is -0.368 e. The van der Waals surface area contributed by atoms with Crippen molar-refractivity contribution in [1.82, 2.24) is 4.98 Å². The number of hydrogen-bond donors (Lipinski definition) is 1. The first-order valence-corrected chi connectivity index (χ1v) is 6.56. The van der Waals surface area contributed by atoms with Gasteiger partial charge in [0.05, 0.1) is 17.6 Å². The van der Waals surface area contributed by atoms with Gasteiger partial charge in [0.1, 0.15) is 0 Å². The molecule has 0 bridgehead atoms. The SMILES string of the molecule is CC1CCN(c2ccc([C@@H](C)N)nc2)C(C)C1. The second kappa shape index (κ2) is 5.05. The molecule has 0 radical (unpaired) electrons. The lowest BCUT2D eigenvalue weighted by Crippen LogP contribution is -2.40. The third-order valence-corrected chi connectivity index (χ3v) is 3.71. The van der Waals surface area contributed by atoms with Gasteiger partial charge in [-0.2, -0.15) is 0 Å². The fourth-order valence-electron chi connectivity index (χ4n) is 2.63. The molecule has 1 fully saturated rings. The zero-order valence-corrected chi connectivity index (χ0v) is 11.1.